The molecular weight excluding hydrogens is 578 g/mol. The molecule has 2 aromatic rings. The number of aliphatic hydroxyl groups excluding tert-OH is 1. The zero-order valence-corrected chi connectivity index (χ0v) is 27.9. The fourth-order valence-electron chi connectivity index (χ4n) is 8.42. The van der Waals surface area contributed by atoms with Crippen LogP contribution >= 0.6 is 0 Å². The molecule has 1 spiro atoms. The average molecular weight is 628 g/mol. The predicted octanol–water partition coefficient (Wildman–Crippen LogP) is 5.21. The summed E-state index contributed by atoms with van der Waals surface area (Å²) in [7, 11) is 0. The lowest BCUT2D eigenvalue weighted by Crippen LogP contribution is -2.59. The first-order valence-electron chi connectivity index (χ1n) is 16.5. The first-order valence-corrected chi connectivity index (χ1v) is 16.5. The molecular formula is C38H49N3O5. The summed E-state index contributed by atoms with van der Waals surface area (Å²) in [5.41, 5.74) is 1.47. The van der Waals surface area contributed by atoms with Crippen LogP contribution in [0.2, 0.25) is 0 Å². The fraction of sp³-hybridized carbons (Fsp3) is 0.500. The first-order chi connectivity index (χ1) is 21.9. The first kappa shape index (κ1) is 33.6. The van der Waals surface area contributed by atoms with Gasteiger partial charge < -0.3 is 24.5 Å². The number of anilines is 1. The Kier molecular flexibility index (Phi) is 9.62. The maximum absolute atomic E-state index is 15.1. The van der Waals surface area contributed by atoms with Crippen molar-refractivity contribution in [3.05, 3.63) is 90.5 Å². The van der Waals surface area contributed by atoms with Crippen molar-refractivity contribution < 1.29 is 24.2 Å². The second kappa shape index (κ2) is 13.2. The van der Waals surface area contributed by atoms with E-state index in [2.05, 4.69) is 13.2 Å². The van der Waals surface area contributed by atoms with Gasteiger partial charge in [0.05, 0.1) is 30.1 Å². The van der Waals surface area contributed by atoms with Crippen molar-refractivity contribution in [3.63, 3.8) is 0 Å². The van der Waals surface area contributed by atoms with Crippen molar-refractivity contribution in [2.24, 2.45) is 17.8 Å². The maximum atomic E-state index is 15.1. The van der Waals surface area contributed by atoms with E-state index in [9.17, 15) is 14.7 Å². The molecule has 8 heteroatoms. The van der Waals surface area contributed by atoms with Crippen LogP contribution in [0.5, 0.6) is 0 Å². The van der Waals surface area contributed by atoms with E-state index < -0.39 is 35.1 Å². The fourth-order valence-corrected chi connectivity index (χ4v) is 8.42. The predicted molar refractivity (Wildman–Crippen MR) is 180 cm³/mol. The van der Waals surface area contributed by atoms with Crippen LogP contribution in [0.15, 0.2) is 73.8 Å². The summed E-state index contributed by atoms with van der Waals surface area (Å²) in [5.74, 6) is -2.24. The van der Waals surface area contributed by atoms with Crippen LogP contribution in [0.3, 0.4) is 0 Å². The minimum atomic E-state index is -1.21. The molecule has 6 atom stereocenters. The lowest BCUT2D eigenvalue weighted by atomic mass is 9.66. The summed E-state index contributed by atoms with van der Waals surface area (Å²) in [4.78, 5) is 49.6. The average Bonchev–Trinajstić information content (AvgIpc) is 3.59. The summed E-state index contributed by atoms with van der Waals surface area (Å²) >= 11 is 0. The van der Waals surface area contributed by atoms with Crippen molar-refractivity contribution >= 4 is 23.4 Å². The van der Waals surface area contributed by atoms with Gasteiger partial charge >= 0.3 is 0 Å². The largest absolute Gasteiger partial charge is 0.394 e. The molecule has 1 N–H and O–H groups in total. The Hall–Kier alpha value is -3.75. The second-order valence-corrected chi connectivity index (χ2v) is 13.9. The molecule has 3 fully saturated rings. The van der Waals surface area contributed by atoms with Crippen molar-refractivity contribution in [1.82, 2.24) is 9.80 Å². The second-order valence-electron chi connectivity index (χ2n) is 13.9. The van der Waals surface area contributed by atoms with Crippen LogP contribution in [0.4, 0.5) is 5.69 Å². The Labute approximate surface area is 273 Å². The zero-order chi connectivity index (χ0) is 33.4. The van der Waals surface area contributed by atoms with E-state index in [1.807, 2.05) is 83.1 Å². The Morgan fingerprint density at radius 1 is 1.02 bits per heavy atom. The highest BCUT2D eigenvalue weighted by atomic mass is 16.5. The SMILES string of the molecule is C=CCN(Cc1ccccc1)C(=O)[C@@H]1[C@H]2C(=O)N([C@@H](CO)CC(C)C)C(C(=O)N(CC=C)c3c(C)cccc3C)C23CC[C@@]1(C)O3. The van der Waals surface area contributed by atoms with Crippen LogP contribution in [-0.4, -0.2) is 75.6 Å². The summed E-state index contributed by atoms with van der Waals surface area (Å²) in [5, 5.41) is 10.7. The van der Waals surface area contributed by atoms with E-state index >= 15 is 4.79 Å². The number of ether oxygens (including phenoxy) is 1. The van der Waals surface area contributed by atoms with E-state index in [-0.39, 0.29) is 36.8 Å². The van der Waals surface area contributed by atoms with Gasteiger partial charge in [-0.15, -0.1) is 13.2 Å². The number of benzene rings is 2. The number of carbonyl (C=O) groups excluding carboxylic acids is 3. The van der Waals surface area contributed by atoms with Gasteiger partial charge in [0.15, 0.2) is 0 Å². The molecule has 0 radical (unpaired) electrons. The quantitative estimate of drug-likeness (QED) is 0.308. The molecule has 46 heavy (non-hydrogen) atoms. The van der Waals surface area contributed by atoms with Gasteiger partial charge in [0.25, 0.3) is 5.91 Å². The highest BCUT2D eigenvalue weighted by molar-refractivity contribution is 6.06. The van der Waals surface area contributed by atoms with Crippen molar-refractivity contribution in [2.45, 2.75) is 83.7 Å². The van der Waals surface area contributed by atoms with Crippen LogP contribution in [0.1, 0.15) is 56.7 Å². The Balaban J connectivity index is 1.63. The molecule has 0 aromatic heterocycles. The summed E-state index contributed by atoms with van der Waals surface area (Å²) in [6.45, 7) is 18.4. The monoisotopic (exact) mass is 627 g/mol. The van der Waals surface area contributed by atoms with Crippen molar-refractivity contribution in [1.29, 1.82) is 0 Å². The van der Waals surface area contributed by atoms with Gasteiger partial charge in [-0.2, -0.15) is 0 Å². The van der Waals surface area contributed by atoms with Crippen LogP contribution in [0.25, 0.3) is 0 Å². The summed E-state index contributed by atoms with van der Waals surface area (Å²) < 4.78 is 6.95. The highest BCUT2D eigenvalue weighted by Crippen LogP contribution is 2.64. The molecule has 0 saturated carbocycles. The number of fused-ring (bicyclic) bond motifs is 1. The molecule has 2 bridgehead atoms. The molecule has 0 aliphatic carbocycles. The number of para-hydroxylation sites is 1. The van der Waals surface area contributed by atoms with E-state index in [4.69, 9.17) is 4.74 Å². The number of hydrogen-bond acceptors (Lipinski definition) is 5. The third-order valence-corrected chi connectivity index (χ3v) is 10.2. The standard InChI is InChI=1S/C38H49N3O5/c1-8-20-39(23-28-16-11-10-12-17-28)34(43)30-31-35(44)41(29(24-42)22-25(3)4)33(38(31)19-18-37(30,7)46-38)36(45)40(21-9-2)32-26(5)14-13-15-27(32)6/h8-17,25,29-31,33,42H,1-2,18-24H2,3-7H3/t29-,30+,31+,33?,37-,38?/m1/s1. The van der Waals surface area contributed by atoms with Gasteiger partial charge in [-0.25, -0.2) is 0 Å². The van der Waals surface area contributed by atoms with E-state index in [1.165, 1.54) is 0 Å². The lowest BCUT2D eigenvalue weighted by Gasteiger charge is -2.40. The molecule has 2 unspecified atom stereocenters. The number of rotatable bonds is 13. The Morgan fingerprint density at radius 3 is 2.26 bits per heavy atom. The Morgan fingerprint density at radius 2 is 1.67 bits per heavy atom. The number of carbonyl (C=O) groups is 3. The van der Waals surface area contributed by atoms with Gasteiger partial charge in [0, 0.05) is 25.3 Å². The normalized spacial score (nSPS) is 27.1. The van der Waals surface area contributed by atoms with Gasteiger partial charge in [-0.05, 0) is 62.6 Å². The van der Waals surface area contributed by atoms with Crippen molar-refractivity contribution in [2.75, 3.05) is 24.6 Å². The topological polar surface area (TPSA) is 90.4 Å². The van der Waals surface area contributed by atoms with Crippen LogP contribution < -0.4 is 4.90 Å². The third-order valence-electron chi connectivity index (χ3n) is 10.2. The van der Waals surface area contributed by atoms with Crippen LogP contribution in [0, 0.1) is 31.6 Å². The van der Waals surface area contributed by atoms with Gasteiger partial charge in [0.1, 0.15) is 11.6 Å². The van der Waals surface area contributed by atoms with Crippen LogP contribution in [-0.2, 0) is 25.7 Å². The van der Waals surface area contributed by atoms with Gasteiger partial charge in [0.2, 0.25) is 11.8 Å². The molecule has 3 heterocycles. The lowest BCUT2D eigenvalue weighted by molar-refractivity contribution is -0.152. The number of likely N-dealkylation sites (tertiary alicyclic amines) is 1. The number of aliphatic hydroxyl groups is 1. The minimum absolute atomic E-state index is 0.155. The molecule has 8 nitrogen and oxygen atoms in total. The highest BCUT2D eigenvalue weighted by Gasteiger charge is 2.79. The minimum Gasteiger partial charge on any atom is -0.394 e. The third kappa shape index (κ3) is 5.60. The van der Waals surface area contributed by atoms with Crippen molar-refractivity contribution in [3.8, 4) is 0 Å². The molecule has 3 aliphatic heterocycles. The van der Waals surface area contributed by atoms with Gasteiger partial charge in [-0.1, -0.05) is 74.5 Å². The molecule has 5 rings (SSSR count). The van der Waals surface area contributed by atoms with E-state index in [0.29, 0.717) is 32.4 Å². The van der Waals surface area contributed by atoms with E-state index in [1.54, 1.807) is 26.9 Å². The van der Waals surface area contributed by atoms with E-state index in [0.717, 1.165) is 22.4 Å². The number of hydrogen-bond donors (Lipinski definition) is 1. The molecule has 3 saturated heterocycles. The summed E-state index contributed by atoms with van der Waals surface area (Å²) in [6, 6.07) is 14.0. The molecule has 3 aliphatic rings. The smallest absolute Gasteiger partial charge is 0.253 e. The number of aryl methyl sites for hydroxylation is 2. The molecule has 2 aromatic carbocycles. The zero-order valence-electron chi connectivity index (χ0n) is 27.9. The number of nitrogens with zero attached hydrogens (tertiary/aromatic N) is 3. The number of amides is 3. The molecule has 246 valence electrons. The summed E-state index contributed by atoms with van der Waals surface area (Å²) in [6.07, 6.45) is 4.90. The molecule has 3 amide bonds. The van der Waals surface area contributed by atoms with Gasteiger partial charge in [-0.3, -0.25) is 14.4 Å². The Bertz CT molecular complexity index is 1470. The maximum Gasteiger partial charge on any atom is 0.253 e.